The molecule has 9 heteroatoms. The van der Waals surface area contributed by atoms with Crippen molar-refractivity contribution in [3.05, 3.63) is 72.9 Å². The van der Waals surface area contributed by atoms with Gasteiger partial charge in [0, 0.05) is 16.6 Å². The Bertz CT molecular complexity index is 1160. The number of carbonyl (C=O) groups excluding carboxylic acids is 1. The van der Waals surface area contributed by atoms with Crippen LogP contribution in [-0.4, -0.2) is 17.4 Å². The number of thiophene rings is 1. The highest BCUT2D eigenvalue weighted by atomic mass is 32.1. The Hall–Kier alpha value is -3.59. The van der Waals surface area contributed by atoms with Crippen LogP contribution in [0.4, 0.5) is 29.3 Å². The van der Waals surface area contributed by atoms with Gasteiger partial charge in [-0.1, -0.05) is 18.2 Å². The molecule has 152 valence electrons. The van der Waals surface area contributed by atoms with Crippen LogP contribution in [-0.2, 0) is 0 Å². The molecular formula is C21H14F3N3O2S. The summed E-state index contributed by atoms with van der Waals surface area (Å²) in [6, 6.07) is 17.7. The van der Waals surface area contributed by atoms with Gasteiger partial charge in [0.25, 0.3) is 0 Å². The van der Waals surface area contributed by atoms with E-state index >= 15 is 0 Å². The number of aromatic nitrogens is 1. The number of halogens is 3. The molecule has 0 radical (unpaired) electrons. The Labute approximate surface area is 173 Å². The van der Waals surface area contributed by atoms with E-state index in [1.807, 2.05) is 30.3 Å². The van der Waals surface area contributed by atoms with Crippen molar-refractivity contribution in [3.63, 3.8) is 0 Å². The third kappa shape index (κ3) is 4.69. The van der Waals surface area contributed by atoms with Gasteiger partial charge in [-0.3, -0.25) is 4.98 Å². The lowest BCUT2D eigenvalue weighted by molar-refractivity contribution is -0.274. The van der Waals surface area contributed by atoms with Gasteiger partial charge in [-0.05, 0) is 53.9 Å². The standard InChI is InChI=1S/C21H14F3N3O2S/c22-21(23,24)29-15-9-7-14(8-10-15)26-20(28)27-16-5-3-11-25-19(16)18-12-13-4-1-2-6-17(13)30-18/h1-12H,(H2,26,27,28). The Morgan fingerprint density at radius 3 is 2.47 bits per heavy atom. The van der Waals surface area contributed by atoms with Crippen molar-refractivity contribution in [3.8, 4) is 16.3 Å². The zero-order valence-electron chi connectivity index (χ0n) is 15.2. The second-order valence-corrected chi connectivity index (χ2v) is 7.28. The maximum absolute atomic E-state index is 12.4. The van der Waals surface area contributed by atoms with E-state index in [1.165, 1.54) is 12.1 Å². The molecule has 0 saturated heterocycles. The van der Waals surface area contributed by atoms with Crippen LogP contribution in [0, 0.1) is 0 Å². The summed E-state index contributed by atoms with van der Waals surface area (Å²) in [5, 5.41) is 6.40. The van der Waals surface area contributed by atoms with Crippen LogP contribution < -0.4 is 15.4 Å². The minimum atomic E-state index is -4.77. The van der Waals surface area contributed by atoms with Crippen molar-refractivity contribution in [2.75, 3.05) is 10.6 Å². The Morgan fingerprint density at radius 1 is 0.967 bits per heavy atom. The van der Waals surface area contributed by atoms with E-state index in [-0.39, 0.29) is 5.75 Å². The van der Waals surface area contributed by atoms with E-state index in [0.29, 0.717) is 17.1 Å². The molecule has 0 unspecified atom stereocenters. The molecule has 30 heavy (non-hydrogen) atoms. The lowest BCUT2D eigenvalue weighted by Crippen LogP contribution is -2.20. The van der Waals surface area contributed by atoms with Crippen molar-refractivity contribution < 1.29 is 22.7 Å². The minimum Gasteiger partial charge on any atom is -0.406 e. The van der Waals surface area contributed by atoms with Crippen LogP contribution in [0.5, 0.6) is 5.75 Å². The zero-order chi connectivity index (χ0) is 21.1. The predicted octanol–water partition coefficient (Wildman–Crippen LogP) is 6.51. The molecule has 2 N–H and O–H groups in total. The molecule has 2 amide bonds. The fraction of sp³-hybridized carbons (Fsp3) is 0.0476. The van der Waals surface area contributed by atoms with Crippen molar-refractivity contribution >= 4 is 38.8 Å². The number of alkyl halides is 3. The summed E-state index contributed by atoms with van der Waals surface area (Å²) in [5.74, 6) is -0.368. The molecule has 4 aromatic rings. The first kappa shape index (κ1) is 19.7. The highest BCUT2D eigenvalue weighted by molar-refractivity contribution is 7.22. The van der Waals surface area contributed by atoms with E-state index in [1.54, 1.807) is 29.7 Å². The van der Waals surface area contributed by atoms with Crippen LogP contribution in [0.1, 0.15) is 0 Å². The number of nitrogens with one attached hydrogen (secondary N) is 2. The third-order valence-electron chi connectivity index (χ3n) is 4.06. The molecule has 4 rings (SSSR count). The fourth-order valence-electron chi connectivity index (χ4n) is 2.83. The van der Waals surface area contributed by atoms with Crippen LogP contribution in [0.15, 0.2) is 72.9 Å². The summed E-state index contributed by atoms with van der Waals surface area (Å²) in [6.45, 7) is 0. The molecule has 0 aliphatic carbocycles. The van der Waals surface area contributed by atoms with Crippen molar-refractivity contribution in [2.24, 2.45) is 0 Å². The number of fused-ring (bicyclic) bond motifs is 1. The van der Waals surface area contributed by atoms with Gasteiger partial charge in [0.05, 0.1) is 10.6 Å². The van der Waals surface area contributed by atoms with E-state index in [4.69, 9.17) is 0 Å². The van der Waals surface area contributed by atoms with Crippen LogP contribution in [0.2, 0.25) is 0 Å². The van der Waals surface area contributed by atoms with E-state index < -0.39 is 12.4 Å². The molecule has 0 atom stereocenters. The topological polar surface area (TPSA) is 63.2 Å². The number of carbonyl (C=O) groups is 1. The summed E-state index contributed by atoms with van der Waals surface area (Å²) >= 11 is 1.56. The van der Waals surface area contributed by atoms with Gasteiger partial charge in [0.1, 0.15) is 11.4 Å². The number of ether oxygens (including phenoxy) is 1. The van der Waals surface area contributed by atoms with Gasteiger partial charge in [-0.15, -0.1) is 24.5 Å². The van der Waals surface area contributed by atoms with Crippen molar-refractivity contribution in [2.45, 2.75) is 6.36 Å². The summed E-state index contributed by atoms with van der Waals surface area (Å²) in [7, 11) is 0. The molecule has 2 aromatic carbocycles. The molecule has 2 aromatic heterocycles. The van der Waals surface area contributed by atoms with Gasteiger partial charge >= 0.3 is 12.4 Å². The molecule has 0 bridgehead atoms. The first-order chi connectivity index (χ1) is 14.4. The second kappa shape index (κ2) is 8.03. The van der Waals surface area contributed by atoms with Crippen LogP contribution in [0.3, 0.4) is 0 Å². The van der Waals surface area contributed by atoms with Crippen LogP contribution >= 0.6 is 11.3 Å². The van der Waals surface area contributed by atoms with Crippen molar-refractivity contribution in [1.82, 2.24) is 4.98 Å². The highest BCUT2D eigenvalue weighted by Crippen LogP contribution is 2.35. The number of benzene rings is 2. The lowest BCUT2D eigenvalue weighted by atomic mass is 10.2. The largest absolute Gasteiger partial charge is 0.573 e. The number of anilines is 2. The first-order valence-electron chi connectivity index (χ1n) is 8.75. The summed E-state index contributed by atoms with van der Waals surface area (Å²) in [5.41, 5.74) is 1.45. The smallest absolute Gasteiger partial charge is 0.406 e. The number of amides is 2. The van der Waals surface area contributed by atoms with Gasteiger partial charge in [-0.2, -0.15) is 0 Å². The molecule has 2 heterocycles. The zero-order valence-corrected chi connectivity index (χ0v) is 16.1. The molecule has 0 saturated carbocycles. The molecule has 5 nitrogen and oxygen atoms in total. The average molecular weight is 429 g/mol. The quantitative estimate of drug-likeness (QED) is 0.389. The molecule has 0 fully saturated rings. The number of hydrogen-bond acceptors (Lipinski definition) is 4. The molecule has 0 aliphatic rings. The highest BCUT2D eigenvalue weighted by Gasteiger charge is 2.30. The number of hydrogen-bond donors (Lipinski definition) is 2. The van der Waals surface area contributed by atoms with Gasteiger partial charge in [0.15, 0.2) is 0 Å². The summed E-state index contributed by atoms with van der Waals surface area (Å²) in [4.78, 5) is 17.7. The maximum atomic E-state index is 12.4. The Balaban J connectivity index is 1.49. The molecular weight excluding hydrogens is 415 g/mol. The summed E-state index contributed by atoms with van der Waals surface area (Å²) in [6.07, 6.45) is -3.13. The molecule has 0 aliphatic heterocycles. The van der Waals surface area contributed by atoms with E-state index in [9.17, 15) is 18.0 Å². The van der Waals surface area contributed by atoms with E-state index in [0.717, 1.165) is 27.1 Å². The fourth-order valence-corrected chi connectivity index (χ4v) is 3.90. The molecule has 0 spiro atoms. The number of urea groups is 1. The lowest BCUT2D eigenvalue weighted by Gasteiger charge is -2.12. The third-order valence-corrected chi connectivity index (χ3v) is 5.18. The van der Waals surface area contributed by atoms with Crippen molar-refractivity contribution in [1.29, 1.82) is 0 Å². The summed E-state index contributed by atoms with van der Waals surface area (Å²) < 4.78 is 41.6. The number of rotatable bonds is 4. The second-order valence-electron chi connectivity index (χ2n) is 6.20. The number of nitrogens with zero attached hydrogens (tertiary/aromatic N) is 1. The SMILES string of the molecule is O=C(Nc1ccc(OC(F)(F)F)cc1)Nc1cccnc1-c1cc2ccccc2s1. The normalized spacial score (nSPS) is 11.3. The van der Waals surface area contributed by atoms with Gasteiger partial charge < -0.3 is 15.4 Å². The Kier molecular flexibility index (Phi) is 5.28. The average Bonchev–Trinajstić information content (AvgIpc) is 3.13. The predicted molar refractivity (Wildman–Crippen MR) is 111 cm³/mol. The number of pyridine rings is 1. The first-order valence-corrected chi connectivity index (χ1v) is 9.57. The van der Waals surface area contributed by atoms with Crippen LogP contribution in [0.25, 0.3) is 20.7 Å². The Morgan fingerprint density at radius 2 is 1.73 bits per heavy atom. The maximum Gasteiger partial charge on any atom is 0.573 e. The monoisotopic (exact) mass is 429 g/mol. The van der Waals surface area contributed by atoms with Gasteiger partial charge in [0.2, 0.25) is 0 Å². The minimum absolute atomic E-state index is 0.314. The van der Waals surface area contributed by atoms with E-state index in [2.05, 4.69) is 20.4 Å². The van der Waals surface area contributed by atoms with Gasteiger partial charge in [-0.25, -0.2) is 4.79 Å².